The van der Waals surface area contributed by atoms with Gasteiger partial charge in [-0.1, -0.05) is 11.6 Å². The monoisotopic (exact) mass is 384 g/mol. The Balaban J connectivity index is 0.00000242. The first-order chi connectivity index (χ1) is 9.92. The maximum absolute atomic E-state index is 13.8. The van der Waals surface area contributed by atoms with Gasteiger partial charge in [0.25, 0.3) is 5.91 Å². The molecule has 8 heteroatoms. The molecule has 2 rings (SSSR count). The highest BCUT2D eigenvalue weighted by Gasteiger charge is 2.11. The van der Waals surface area contributed by atoms with E-state index < -0.39 is 11.7 Å². The van der Waals surface area contributed by atoms with E-state index in [2.05, 4.69) is 0 Å². The van der Waals surface area contributed by atoms with Gasteiger partial charge in [0.1, 0.15) is 11.3 Å². The Hall–Kier alpha value is -2.17. The zero-order valence-corrected chi connectivity index (χ0v) is 13.6. The molecule has 0 aliphatic rings. The van der Waals surface area contributed by atoms with Gasteiger partial charge in [-0.3, -0.25) is 10.2 Å². The summed E-state index contributed by atoms with van der Waals surface area (Å²) in [6.45, 7) is -0.0406. The number of carbonyl (C=O) groups excluding carboxylic acids is 1. The number of hydrogen-bond acceptors (Lipinski definition) is 3. The SMILES string of the molecule is Br.N#Cc1ccc(F)c(Cn2cc(Cl)cc(C(N)=O)c2=N)c1. The molecule has 1 heterocycles. The fraction of sp³-hybridized carbons (Fsp3) is 0.0714. The predicted octanol–water partition coefficient (Wildman–Crippen LogP) is 2.36. The van der Waals surface area contributed by atoms with E-state index in [1.165, 1.54) is 35.0 Å². The Labute approximate surface area is 141 Å². The molecule has 0 aliphatic heterocycles. The van der Waals surface area contributed by atoms with Gasteiger partial charge < -0.3 is 10.3 Å². The smallest absolute Gasteiger partial charge is 0.252 e. The van der Waals surface area contributed by atoms with Crippen molar-refractivity contribution in [1.29, 1.82) is 10.7 Å². The third-order valence-corrected chi connectivity index (χ3v) is 3.09. The molecule has 0 bridgehead atoms. The minimum Gasteiger partial charge on any atom is -0.365 e. The number of nitrogens with two attached hydrogens (primary N) is 1. The molecule has 0 atom stereocenters. The summed E-state index contributed by atoms with van der Waals surface area (Å²) in [5, 5.41) is 16.9. The van der Waals surface area contributed by atoms with E-state index >= 15 is 0 Å². The Kier molecular flexibility index (Phi) is 5.85. The lowest BCUT2D eigenvalue weighted by molar-refractivity contribution is 0.0998. The molecule has 1 amide bonds. The van der Waals surface area contributed by atoms with Crippen molar-refractivity contribution in [3.05, 3.63) is 63.5 Å². The van der Waals surface area contributed by atoms with Gasteiger partial charge in [-0.2, -0.15) is 5.26 Å². The normalized spacial score (nSPS) is 9.68. The number of amides is 1. The number of rotatable bonds is 3. The van der Waals surface area contributed by atoms with Crippen LogP contribution in [0.25, 0.3) is 0 Å². The van der Waals surface area contributed by atoms with Gasteiger partial charge in [0.15, 0.2) is 0 Å². The Morgan fingerprint density at radius 2 is 2.14 bits per heavy atom. The highest BCUT2D eigenvalue weighted by atomic mass is 79.9. The second-order valence-corrected chi connectivity index (χ2v) is 4.77. The van der Waals surface area contributed by atoms with Gasteiger partial charge in [-0.15, -0.1) is 17.0 Å². The molecule has 0 unspecified atom stereocenters. The van der Waals surface area contributed by atoms with Crippen LogP contribution in [0.15, 0.2) is 30.5 Å². The average Bonchev–Trinajstić information content (AvgIpc) is 2.44. The number of pyridine rings is 1. The number of nitrogens with zero attached hydrogens (tertiary/aromatic N) is 2. The molecule has 22 heavy (non-hydrogen) atoms. The van der Waals surface area contributed by atoms with Gasteiger partial charge in [0.2, 0.25) is 0 Å². The Morgan fingerprint density at radius 1 is 1.45 bits per heavy atom. The van der Waals surface area contributed by atoms with E-state index in [1.807, 2.05) is 6.07 Å². The molecule has 5 nitrogen and oxygen atoms in total. The molecular weight excluding hydrogens is 375 g/mol. The van der Waals surface area contributed by atoms with Gasteiger partial charge in [-0.25, -0.2) is 4.39 Å². The molecule has 3 N–H and O–H groups in total. The minimum atomic E-state index is -0.789. The second-order valence-electron chi connectivity index (χ2n) is 4.33. The zero-order valence-electron chi connectivity index (χ0n) is 11.1. The molecule has 0 radical (unpaired) electrons. The maximum Gasteiger partial charge on any atom is 0.252 e. The fourth-order valence-electron chi connectivity index (χ4n) is 1.87. The summed E-state index contributed by atoms with van der Waals surface area (Å²) >= 11 is 5.87. The minimum absolute atomic E-state index is 0. The van der Waals surface area contributed by atoms with Crippen molar-refractivity contribution < 1.29 is 9.18 Å². The first-order valence-electron chi connectivity index (χ1n) is 5.85. The van der Waals surface area contributed by atoms with E-state index in [0.29, 0.717) is 5.56 Å². The van der Waals surface area contributed by atoms with Crippen molar-refractivity contribution >= 4 is 34.5 Å². The van der Waals surface area contributed by atoms with Gasteiger partial charge in [-0.05, 0) is 24.3 Å². The van der Waals surface area contributed by atoms with Crippen LogP contribution in [0.1, 0.15) is 21.5 Å². The van der Waals surface area contributed by atoms with Crippen LogP contribution >= 0.6 is 28.6 Å². The standard InChI is InChI=1S/C14H10ClFN4O.BrH/c15-10-4-11(14(19)21)13(18)20(7-10)6-9-3-8(5-17)1-2-12(9)16;/h1-4,7,18H,6H2,(H2,19,21);1H. The lowest BCUT2D eigenvalue weighted by Gasteiger charge is -2.11. The molecule has 0 saturated carbocycles. The fourth-order valence-corrected chi connectivity index (χ4v) is 2.10. The van der Waals surface area contributed by atoms with E-state index in [0.717, 1.165) is 0 Å². The largest absolute Gasteiger partial charge is 0.365 e. The van der Waals surface area contributed by atoms with Crippen LogP contribution < -0.4 is 11.2 Å². The first kappa shape index (κ1) is 17.9. The molecule has 114 valence electrons. The summed E-state index contributed by atoms with van der Waals surface area (Å²) in [5.41, 5.74) is 5.46. The van der Waals surface area contributed by atoms with Crippen LogP contribution in [-0.4, -0.2) is 10.5 Å². The van der Waals surface area contributed by atoms with Gasteiger partial charge in [0, 0.05) is 11.8 Å². The number of halogens is 3. The highest BCUT2D eigenvalue weighted by molar-refractivity contribution is 8.93. The van der Waals surface area contributed by atoms with Crippen LogP contribution in [0.3, 0.4) is 0 Å². The Bertz CT molecular complexity index is 829. The van der Waals surface area contributed by atoms with Crippen molar-refractivity contribution in [2.45, 2.75) is 6.54 Å². The highest BCUT2D eigenvalue weighted by Crippen LogP contribution is 2.13. The summed E-state index contributed by atoms with van der Waals surface area (Å²) in [6.07, 6.45) is 1.40. The molecule has 1 aromatic heterocycles. The van der Waals surface area contributed by atoms with E-state index in [4.69, 9.17) is 28.0 Å². The molecule has 0 aliphatic carbocycles. The van der Waals surface area contributed by atoms with Crippen LogP contribution in [0.5, 0.6) is 0 Å². The quantitative estimate of drug-likeness (QED) is 0.848. The van der Waals surface area contributed by atoms with Crippen molar-refractivity contribution in [3.8, 4) is 6.07 Å². The third kappa shape index (κ3) is 3.72. The topological polar surface area (TPSA) is 95.7 Å². The summed E-state index contributed by atoms with van der Waals surface area (Å²) in [5.74, 6) is -1.30. The Morgan fingerprint density at radius 3 is 2.73 bits per heavy atom. The number of benzene rings is 1. The lowest BCUT2D eigenvalue weighted by atomic mass is 10.1. The van der Waals surface area contributed by atoms with Crippen LogP contribution in [0, 0.1) is 22.6 Å². The van der Waals surface area contributed by atoms with Crippen LogP contribution in [0.4, 0.5) is 4.39 Å². The zero-order chi connectivity index (χ0) is 15.6. The van der Waals surface area contributed by atoms with Crippen LogP contribution in [-0.2, 0) is 6.54 Å². The van der Waals surface area contributed by atoms with Crippen LogP contribution in [0.2, 0.25) is 5.02 Å². The first-order valence-corrected chi connectivity index (χ1v) is 6.23. The summed E-state index contributed by atoms with van der Waals surface area (Å²) in [7, 11) is 0. The summed E-state index contributed by atoms with van der Waals surface area (Å²) < 4.78 is 15.1. The molecule has 0 spiro atoms. The number of nitriles is 1. The second kappa shape index (κ2) is 7.20. The molecule has 2 aromatic rings. The third-order valence-electron chi connectivity index (χ3n) is 2.88. The summed E-state index contributed by atoms with van der Waals surface area (Å²) in [6, 6.07) is 7.11. The molecule has 1 aromatic carbocycles. The van der Waals surface area contributed by atoms with Crippen molar-refractivity contribution in [2.24, 2.45) is 5.73 Å². The summed E-state index contributed by atoms with van der Waals surface area (Å²) in [4.78, 5) is 11.3. The predicted molar refractivity (Wildman–Crippen MR) is 84.4 cm³/mol. The van der Waals surface area contributed by atoms with E-state index in [-0.39, 0.29) is 45.2 Å². The number of carbonyl (C=O) groups is 1. The average molecular weight is 386 g/mol. The van der Waals surface area contributed by atoms with Gasteiger partial charge >= 0.3 is 0 Å². The lowest BCUT2D eigenvalue weighted by Crippen LogP contribution is -2.30. The molecule has 0 saturated heterocycles. The van der Waals surface area contributed by atoms with E-state index in [1.54, 1.807) is 0 Å². The number of aromatic nitrogens is 1. The maximum atomic E-state index is 13.8. The van der Waals surface area contributed by atoms with Crippen molar-refractivity contribution in [1.82, 2.24) is 4.57 Å². The number of nitrogens with one attached hydrogen (secondary N) is 1. The van der Waals surface area contributed by atoms with Crippen molar-refractivity contribution in [2.75, 3.05) is 0 Å². The van der Waals surface area contributed by atoms with Gasteiger partial charge in [0.05, 0.1) is 28.8 Å². The number of primary amides is 1. The number of hydrogen-bond donors (Lipinski definition) is 2. The molecular formula is C14H11BrClFN4O. The molecule has 0 fully saturated rings. The van der Waals surface area contributed by atoms with Crippen molar-refractivity contribution in [3.63, 3.8) is 0 Å². The van der Waals surface area contributed by atoms with E-state index in [9.17, 15) is 9.18 Å².